The van der Waals surface area contributed by atoms with Crippen molar-refractivity contribution in [1.29, 1.82) is 0 Å². The molecule has 0 bridgehead atoms. The average molecular weight is 488 g/mol. The lowest BCUT2D eigenvalue weighted by molar-refractivity contribution is 0.0606. The summed E-state index contributed by atoms with van der Waals surface area (Å²) in [7, 11) is 2.09. The number of carbonyl (C=O) groups excluding carboxylic acids is 1. The summed E-state index contributed by atoms with van der Waals surface area (Å²) < 4.78 is 21.1. The van der Waals surface area contributed by atoms with Crippen LogP contribution in [0.2, 0.25) is 5.02 Å². The van der Waals surface area contributed by atoms with Gasteiger partial charge in [0.1, 0.15) is 40.3 Å². The van der Waals surface area contributed by atoms with Crippen molar-refractivity contribution in [2.45, 2.75) is 18.5 Å². The fraction of sp³-hybridized carbons (Fsp3) is 0.500. The molecule has 6 rings (SSSR count). The molecule has 1 amide bonds. The number of likely N-dealkylation sites (N-methyl/N-ethyl adjacent to an activating group) is 1. The molecular formula is C24H27ClFN5O3. The van der Waals surface area contributed by atoms with Crippen LogP contribution >= 0.6 is 11.6 Å². The molecule has 34 heavy (non-hydrogen) atoms. The fourth-order valence-corrected chi connectivity index (χ4v) is 6.20. The lowest BCUT2D eigenvalue weighted by Gasteiger charge is -2.34. The highest BCUT2D eigenvalue weighted by Gasteiger charge is 2.45. The van der Waals surface area contributed by atoms with Crippen molar-refractivity contribution in [3.8, 4) is 22.8 Å². The minimum atomic E-state index is -0.637. The van der Waals surface area contributed by atoms with Crippen LogP contribution in [0.3, 0.4) is 0 Å². The predicted octanol–water partition coefficient (Wildman–Crippen LogP) is 2.19. The van der Waals surface area contributed by atoms with Crippen LogP contribution in [0.5, 0.6) is 11.5 Å². The van der Waals surface area contributed by atoms with Gasteiger partial charge in [-0.2, -0.15) is 0 Å². The summed E-state index contributed by atoms with van der Waals surface area (Å²) in [6, 6.07) is 4.15. The van der Waals surface area contributed by atoms with Gasteiger partial charge < -0.3 is 29.9 Å². The molecule has 4 aliphatic heterocycles. The van der Waals surface area contributed by atoms with Gasteiger partial charge in [-0.1, -0.05) is 17.7 Å². The molecule has 5 heterocycles. The molecule has 2 aromatic rings. The summed E-state index contributed by atoms with van der Waals surface area (Å²) in [5.41, 5.74) is 0.339. The first kappa shape index (κ1) is 21.9. The number of likely N-dealkylation sites (tertiary alicyclic amines) is 1. The Balaban J connectivity index is 1.57. The SMILES string of the molecule is CN1CC2CCN(c3nc(-c4c(O)cccc4F)c(Cl)c4c3C(=O)N3CCNC[C@@H]3CO4)C2C1. The van der Waals surface area contributed by atoms with Gasteiger partial charge in [0.05, 0.1) is 11.6 Å². The topological polar surface area (TPSA) is 81.2 Å². The van der Waals surface area contributed by atoms with E-state index in [9.17, 15) is 14.3 Å². The molecule has 1 aromatic carbocycles. The molecule has 0 radical (unpaired) electrons. The monoisotopic (exact) mass is 487 g/mol. The van der Waals surface area contributed by atoms with Crippen molar-refractivity contribution in [2.24, 2.45) is 5.92 Å². The zero-order valence-electron chi connectivity index (χ0n) is 18.9. The second-order valence-corrected chi connectivity index (χ2v) is 10.0. The quantitative estimate of drug-likeness (QED) is 0.672. The highest BCUT2D eigenvalue weighted by Crippen LogP contribution is 2.47. The number of hydrogen-bond acceptors (Lipinski definition) is 7. The van der Waals surface area contributed by atoms with Crippen LogP contribution in [0, 0.1) is 11.7 Å². The number of piperazine rings is 1. The summed E-state index contributed by atoms with van der Waals surface area (Å²) in [5, 5.41) is 13.9. The largest absolute Gasteiger partial charge is 0.507 e. The minimum Gasteiger partial charge on any atom is -0.507 e. The van der Waals surface area contributed by atoms with Crippen LogP contribution in [0.15, 0.2) is 18.2 Å². The third kappa shape index (κ3) is 3.32. The van der Waals surface area contributed by atoms with E-state index >= 15 is 0 Å². The Morgan fingerprint density at radius 2 is 2.09 bits per heavy atom. The van der Waals surface area contributed by atoms with Gasteiger partial charge in [0.2, 0.25) is 0 Å². The third-order valence-corrected chi connectivity index (χ3v) is 7.90. The second kappa shape index (κ2) is 8.25. The summed E-state index contributed by atoms with van der Waals surface area (Å²) in [5.74, 6) is 0.0887. The number of phenols is 1. The maximum Gasteiger partial charge on any atom is 0.261 e. The number of benzene rings is 1. The van der Waals surface area contributed by atoms with E-state index in [1.165, 1.54) is 18.2 Å². The number of nitrogens with zero attached hydrogens (tertiary/aromatic N) is 4. The van der Waals surface area contributed by atoms with Crippen molar-refractivity contribution in [2.75, 3.05) is 57.8 Å². The minimum absolute atomic E-state index is 0.0413. The number of phenolic OH excluding ortho intramolecular Hbond substituents is 1. The van der Waals surface area contributed by atoms with Crippen molar-refractivity contribution in [1.82, 2.24) is 20.1 Å². The zero-order chi connectivity index (χ0) is 23.6. The van der Waals surface area contributed by atoms with E-state index in [1.54, 1.807) is 0 Å². The number of hydrogen-bond donors (Lipinski definition) is 2. The van der Waals surface area contributed by atoms with E-state index in [4.69, 9.17) is 21.3 Å². The number of fused-ring (bicyclic) bond motifs is 3. The molecule has 4 aliphatic rings. The molecule has 180 valence electrons. The van der Waals surface area contributed by atoms with Crippen LogP contribution in [0.25, 0.3) is 11.3 Å². The van der Waals surface area contributed by atoms with Crippen molar-refractivity contribution < 1.29 is 19.0 Å². The van der Waals surface area contributed by atoms with Crippen LogP contribution in [0.4, 0.5) is 10.2 Å². The maximum absolute atomic E-state index is 14.9. The van der Waals surface area contributed by atoms with Gasteiger partial charge in [-0.15, -0.1) is 0 Å². The van der Waals surface area contributed by atoms with E-state index in [1.807, 2.05) is 4.90 Å². The Morgan fingerprint density at radius 3 is 2.91 bits per heavy atom. The van der Waals surface area contributed by atoms with Crippen LogP contribution in [0.1, 0.15) is 16.8 Å². The molecule has 8 nitrogen and oxygen atoms in total. The summed E-state index contributed by atoms with van der Waals surface area (Å²) in [6.07, 6.45) is 0.986. The molecule has 10 heteroatoms. The lowest BCUT2D eigenvalue weighted by Crippen LogP contribution is -2.55. The highest BCUT2D eigenvalue weighted by molar-refractivity contribution is 6.35. The Hall–Kier alpha value is -2.62. The lowest BCUT2D eigenvalue weighted by atomic mass is 10.0. The van der Waals surface area contributed by atoms with Crippen molar-refractivity contribution in [3.63, 3.8) is 0 Å². The molecule has 3 atom stereocenters. The first-order chi connectivity index (χ1) is 16.4. The number of carbonyl (C=O) groups is 1. The molecular weight excluding hydrogens is 461 g/mol. The molecule has 2 unspecified atom stereocenters. The van der Waals surface area contributed by atoms with E-state index in [2.05, 4.69) is 22.2 Å². The first-order valence-electron chi connectivity index (χ1n) is 11.7. The standard InChI is InChI=1S/C24H27ClFN5O3/c1-29-10-13-5-7-31(16(13)11-29)23-19-22(34-12-14-9-27-6-8-30(14)24(19)33)20(25)21(28-23)18-15(26)3-2-4-17(18)32/h2-4,13-14,16,27,32H,5-12H2,1H3/t13?,14-,16?/m1/s1. The van der Waals surface area contributed by atoms with Gasteiger partial charge in [0, 0.05) is 45.3 Å². The van der Waals surface area contributed by atoms with E-state index < -0.39 is 5.82 Å². The van der Waals surface area contributed by atoms with Crippen LogP contribution < -0.4 is 15.0 Å². The van der Waals surface area contributed by atoms with E-state index in [-0.39, 0.29) is 52.4 Å². The van der Waals surface area contributed by atoms with Gasteiger partial charge in [-0.05, 0) is 31.5 Å². The third-order valence-electron chi connectivity index (χ3n) is 7.55. The van der Waals surface area contributed by atoms with Gasteiger partial charge in [-0.3, -0.25) is 4.79 Å². The Bertz CT molecular complexity index is 1140. The number of halogens is 2. The maximum atomic E-state index is 14.9. The van der Waals surface area contributed by atoms with E-state index in [0.717, 1.165) is 26.1 Å². The summed E-state index contributed by atoms with van der Waals surface area (Å²) >= 11 is 6.78. The second-order valence-electron chi connectivity index (χ2n) is 9.63. The van der Waals surface area contributed by atoms with Crippen LogP contribution in [-0.4, -0.2) is 90.8 Å². The smallest absolute Gasteiger partial charge is 0.261 e. The van der Waals surface area contributed by atoms with Gasteiger partial charge >= 0.3 is 0 Å². The highest BCUT2D eigenvalue weighted by atomic mass is 35.5. The zero-order valence-corrected chi connectivity index (χ0v) is 19.7. The van der Waals surface area contributed by atoms with Crippen molar-refractivity contribution >= 4 is 23.3 Å². The molecule has 2 N–H and O–H groups in total. The number of rotatable bonds is 2. The number of aromatic nitrogens is 1. The number of aromatic hydroxyl groups is 1. The number of ether oxygens (including phenoxy) is 1. The number of nitrogens with one attached hydrogen (secondary N) is 1. The molecule has 0 spiro atoms. The molecule has 0 aliphatic carbocycles. The average Bonchev–Trinajstić information content (AvgIpc) is 3.33. The van der Waals surface area contributed by atoms with Gasteiger partial charge in [0.25, 0.3) is 5.91 Å². The number of pyridine rings is 1. The van der Waals surface area contributed by atoms with Crippen molar-refractivity contribution in [3.05, 3.63) is 34.6 Å². The first-order valence-corrected chi connectivity index (χ1v) is 12.1. The molecule has 1 aromatic heterocycles. The molecule has 3 fully saturated rings. The summed E-state index contributed by atoms with van der Waals surface area (Å²) in [6.45, 7) is 4.75. The number of amides is 1. The fourth-order valence-electron chi connectivity index (χ4n) is 5.91. The summed E-state index contributed by atoms with van der Waals surface area (Å²) in [4.78, 5) is 25.0. The predicted molar refractivity (Wildman–Crippen MR) is 126 cm³/mol. The Labute approximate surface area is 202 Å². The normalized spacial score (nSPS) is 26.7. The van der Waals surface area contributed by atoms with Gasteiger partial charge in [0.15, 0.2) is 5.75 Å². The molecule has 0 saturated carbocycles. The molecule has 3 saturated heterocycles. The van der Waals surface area contributed by atoms with Crippen LogP contribution in [-0.2, 0) is 0 Å². The Kier molecular flexibility index (Phi) is 5.31. The van der Waals surface area contributed by atoms with E-state index in [0.29, 0.717) is 36.9 Å². The number of anilines is 1. The van der Waals surface area contributed by atoms with Gasteiger partial charge in [-0.25, -0.2) is 9.37 Å². The Morgan fingerprint density at radius 1 is 1.24 bits per heavy atom.